The van der Waals surface area contributed by atoms with Gasteiger partial charge in [0.1, 0.15) is 6.04 Å². The number of nitrogens with one attached hydrogen (secondary N) is 1. The Bertz CT molecular complexity index is 1270. The molecule has 3 aliphatic heterocycles. The second-order valence-corrected chi connectivity index (χ2v) is 8.74. The first-order valence-corrected chi connectivity index (χ1v) is 11.2. The lowest BCUT2D eigenvalue weighted by Gasteiger charge is -2.30. The number of rotatable bonds is 3. The molecule has 160 valence electrons. The minimum Gasteiger partial charge on any atom is -0.364 e. The molecule has 0 radical (unpaired) electrons. The number of piperidine rings is 1. The largest absolute Gasteiger partial charge is 0.364 e. The van der Waals surface area contributed by atoms with Gasteiger partial charge >= 0.3 is 0 Å². The van der Waals surface area contributed by atoms with Crippen molar-refractivity contribution in [2.24, 2.45) is 0 Å². The molecule has 6 nitrogen and oxygen atoms in total. The second-order valence-electron chi connectivity index (χ2n) is 8.74. The average molecular weight is 425 g/mol. The monoisotopic (exact) mass is 425 g/mol. The minimum absolute atomic E-state index is 0.168. The molecule has 6 rings (SSSR count). The summed E-state index contributed by atoms with van der Waals surface area (Å²) < 4.78 is 0. The highest BCUT2D eigenvalue weighted by Crippen LogP contribution is 2.46. The van der Waals surface area contributed by atoms with E-state index >= 15 is 0 Å². The Hall–Kier alpha value is -3.67. The lowest BCUT2D eigenvalue weighted by molar-refractivity contribution is -0.134. The second kappa shape index (κ2) is 7.19. The molecule has 0 aliphatic carbocycles. The number of carbonyl (C=O) groups is 3. The molecule has 2 atom stereocenters. The Morgan fingerprint density at radius 3 is 2.47 bits per heavy atom. The number of hydrogen-bond acceptors (Lipinski definition) is 4. The molecule has 0 bridgehead atoms. The smallest absolute Gasteiger partial charge is 0.259 e. The van der Waals surface area contributed by atoms with Crippen molar-refractivity contribution in [1.29, 1.82) is 0 Å². The van der Waals surface area contributed by atoms with Crippen molar-refractivity contribution in [3.63, 3.8) is 0 Å². The third-order valence-corrected chi connectivity index (χ3v) is 6.97. The van der Waals surface area contributed by atoms with Crippen LogP contribution in [0.4, 0.5) is 11.4 Å². The highest BCUT2D eigenvalue weighted by Gasteiger charge is 2.41. The maximum Gasteiger partial charge on any atom is 0.259 e. The summed E-state index contributed by atoms with van der Waals surface area (Å²) in [6, 6.07) is 20.1. The molecule has 0 spiro atoms. The van der Waals surface area contributed by atoms with Crippen molar-refractivity contribution < 1.29 is 14.4 Å². The van der Waals surface area contributed by atoms with Gasteiger partial charge in [0.2, 0.25) is 11.8 Å². The van der Waals surface area contributed by atoms with E-state index in [0.29, 0.717) is 18.0 Å². The van der Waals surface area contributed by atoms with Crippen molar-refractivity contribution >= 4 is 39.9 Å². The summed E-state index contributed by atoms with van der Waals surface area (Å²) in [6.07, 6.45) is 2.79. The van der Waals surface area contributed by atoms with E-state index in [0.717, 1.165) is 41.5 Å². The number of hydrogen-bond donors (Lipinski definition) is 1. The van der Waals surface area contributed by atoms with Gasteiger partial charge in [-0.2, -0.15) is 0 Å². The molecule has 2 fully saturated rings. The van der Waals surface area contributed by atoms with Crippen LogP contribution in [0.15, 0.2) is 60.7 Å². The molecule has 3 aliphatic rings. The fourth-order valence-electron chi connectivity index (χ4n) is 5.56. The van der Waals surface area contributed by atoms with E-state index in [4.69, 9.17) is 0 Å². The van der Waals surface area contributed by atoms with Gasteiger partial charge in [0, 0.05) is 29.4 Å². The van der Waals surface area contributed by atoms with E-state index < -0.39 is 11.9 Å². The lowest BCUT2D eigenvalue weighted by atomic mass is 10.0. The molecule has 32 heavy (non-hydrogen) atoms. The van der Waals surface area contributed by atoms with Gasteiger partial charge in [0.15, 0.2) is 0 Å². The third-order valence-electron chi connectivity index (χ3n) is 6.97. The van der Waals surface area contributed by atoms with Gasteiger partial charge in [-0.25, -0.2) is 0 Å². The van der Waals surface area contributed by atoms with Crippen LogP contribution in [-0.2, 0) is 9.59 Å². The summed E-state index contributed by atoms with van der Waals surface area (Å²) in [5.74, 6) is -0.849. The summed E-state index contributed by atoms with van der Waals surface area (Å²) in [4.78, 5) is 41.6. The molecule has 3 amide bonds. The Morgan fingerprint density at radius 2 is 1.66 bits per heavy atom. The maximum absolute atomic E-state index is 13.4. The summed E-state index contributed by atoms with van der Waals surface area (Å²) in [6.45, 7) is 0.961. The van der Waals surface area contributed by atoms with Crippen LogP contribution in [0.3, 0.4) is 0 Å². The lowest BCUT2D eigenvalue weighted by Crippen LogP contribution is -2.53. The molecule has 1 N–H and O–H groups in total. The van der Waals surface area contributed by atoms with Crippen molar-refractivity contribution in [2.75, 3.05) is 16.3 Å². The zero-order valence-electron chi connectivity index (χ0n) is 17.6. The summed E-state index contributed by atoms with van der Waals surface area (Å²) in [5.41, 5.74) is 3.80. The molecule has 2 unspecified atom stereocenters. The van der Waals surface area contributed by atoms with Gasteiger partial charge in [0.25, 0.3) is 5.91 Å². The van der Waals surface area contributed by atoms with Crippen molar-refractivity contribution in [2.45, 2.75) is 37.8 Å². The van der Waals surface area contributed by atoms with E-state index in [2.05, 4.69) is 46.6 Å². The molecular formula is C26H23N3O3. The standard InChI is InChI=1S/C26H23N3O3/c30-23-14-13-22(25(31)27-23)29-21-9-4-8-17-20(12-11-18(24(17)21)26(29)32)28-15-5-10-19(28)16-6-2-1-3-7-16/h1-4,6-9,11-12,19,22H,5,10,13-15H2,(H,27,30,31). The highest BCUT2D eigenvalue weighted by molar-refractivity contribution is 6.28. The predicted molar refractivity (Wildman–Crippen MR) is 123 cm³/mol. The first kappa shape index (κ1) is 19.0. The van der Waals surface area contributed by atoms with Gasteiger partial charge in [-0.1, -0.05) is 42.5 Å². The zero-order valence-corrected chi connectivity index (χ0v) is 17.6. The fourth-order valence-corrected chi connectivity index (χ4v) is 5.56. The summed E-state index contributed by atoms with van der Waals surface area (Å²) in [7, 11) is 0. The van der Waals surface area contributed by atoms with Crippen molar-refractivity contribution in [1.82, 2.24) is 5.32 Å². The number of amides is 3. The number of nitrogens with zero attached hydrogens (tertiary/aromatic N) is 2. The van der Waals surface area contributed by atoms with Crippen LogP contribution in [0.25, 0.3) is 10.8 Å². The van der Waals surface area contributed by atoms with E-state index in [9.17, 15) is 14.4 Å². The maximum atomic E-state index is 13.4. The van der Waals surface area contributed by atoms with Crippen LogP contribution in [0, 0.1) is 0 Å². The molecule has 0 saturated carbocycles. The van der Waals surface area contributed by atoms with Gasteiger partial charge in [-0.05, 0) is 43.0 Å². The Labute approximate surface area is 185 Å². The van der Waals surface area contributed by atoms with Crippen LogP contribution < -0.4 is 15.1 Å². The van der Waals surface area contributed by atoms with E-state index in [1.807, 2.05) is 24.3 Å². The van der Waals surface area contributed by atoms with Crippen LogP contribution in [0.1, 0.15) is 47.6 Å². The molecule has 3 aromatic rings. The Morgan fingerprint density at radius 1 is 0.812 bits per heavy atom. The van der Waals surface area contributed by atoms with Gasteiger partial charge in [-0.15, -0.1) is 0 Å². The van der Waals surface area contributed by atoms with E-state index in [1.165, 1.54) is 5.56 Å². The molecule has 0 aromatic heterocycles. The molecule has 3 heterocycles. The van der Waals surface area contributed by atoms with Crippen LogP contribution in [0.5, 0.6) is 0 Å². The first-order valence-electron chi connectivity index (χ1n) is 11.2. The Balaban J connectivity index is 1.45. The SMILES string of the molecule is O=C1CCC(N2C(=O)c3ccc(N4CCCC4c4ccccc4)c4cccc2c34)C(=O)N1. The highest BCUT2D eigenvalue weighted by atomic mass is 16.2. The molecule has 2 saturated heterocycles. The third kappa shape index (κ3) is 2.75. The number of benzene rings is 3. The summed E-state index contributed by atoms with van der Waals surface area (Å²) >= 11 is 0. The molecule has 3 aromatic carbocycles. The van der Waals surface area contributed by atoms with Gasteiger partial charge in [0.05, 0.1) is 17.3 Å². The average Bonchev–Trinajstić information content (AvgIpc) is 3.40. The van der Waals surface area contributed by atoms with Gasteiger partial charge in [-0.3, -0.25) is 24.6 Å². The quantitative estimate of drug-likeness (QED) is 0.645. The van der Waals surface area contributed by atoms with Crippen LogP contribution in [-0.4, -0.2) is 30.3 Å². The van der Waals surface area contributed by atoms with Crippen molar-refractivity contribution in [3.05, 3.63) is 71.8 Å². The summed E-state index contributed by atoms with van der Waals surface area (Å²) in [5, 5.41) is 4.32. The zero-order chi connectivity index (χ0) is 21.8. The predicted octanol–water partition coefficient (Wildman–Crippen LogP) is 3.95. The number of imide groups is 1. The minimum atomic E-state index is -0.662. The van der Waals surface area contributed by atoms with Crippen LogP contribution >= 0.6 is 0 Å². The Kier molecular flexibility index (Phi) is 4.28. The molecular weight excluding hydrogens is 402 g/mol. The fraction of sp³-hybridized carbons (Fsp3) is 0.269. The van der Waals surface area contributed by atoms with E-state index in [-0.39, 0.29) is 18.2 Å². The van der Waals surface area contributed by atoms with Gasteiger partial charge < -0.3 is 4.90 Å². The van der Waals surface area contributed by atoms with Crippen molar-refractivity contribution in [3.8, 4) is 0 Å². The number of anilines is 2. The normalized spacial score (nSPS) is 22.7. The van der Waals surface area contributed by atoms with E-state index in [1.54, 1.807) is 4.90 Å². The topological polar surface area (TPSA) is 69.7 Å². The first-order chi connectivity index (χ1) is 15.6. The molecule has 6 heteroatoms. The van der Waals surface area contributed by atoms with Crippen LogP contribution in [0.2, 0.25) is 0 Å². The number of carbonyl (C=O) groups excluding carboxylic acids is 3.